The van der Waals surface area contributed by atoms with Gasteiger partial charge in [0.1, 0.15) is 11.6 Å². The number of nitro groups is 1. The number of nitrogens with two attached hydrogens (primary N) is 1. The molecule has 2 aromatic rings. The second-order valence-electron chi connectivity index (χ2n) is 4.63. The van der Waals surface area contributed by atoms with Crippen LogP contribution in [0.1, 0.15) is 19.1 Å². The molecule has 0 spiro atoms. The third kappa shape index (κ3) is 3.93. The SMILES string of the molecule is CC(CCc1ccco1)Nc1nc(NN)ccc1[N+](=O)[O-]. The fourth-order valence-corrected chi connectivity index (χ4v) is 1.90. The first-order valence-corrected chi connectivity index (χ1v) is 6.51. The molecule has 0 saturated carbocycles. The Bertz CT molecular complexity index is 600. The van der Waals surface area contributed by atoms with Crippen LogP contribution in [0.2, 0.25) is 0 Å². The maximum Gasteiger partial charge on any atom is 0.311 e. The lowest BCUT2D eigenvalue weighted by Gasteiger charge is -2.14. The molecular weight excluding hydrogens is 274 g/mol. The molecule has 0 aliphatic heterocycles. The first kappa shape index (κ1) is 14.8. The van der Waals surface area contributed by atoms with E-state index in [1.807, 2.05) is 19.1 Å². The first-order chi connectivity index (χ1) is 10.1. The van der Waals surface area contributed by atoms with E-state index in [0.717, 1.165) is 18.6 Å². The van der Waals surface area contributed by atoms with Gasteiger partial charge >= 0.3 is 5.69 Å². The maximum absolute atomic E-state index is 11.0. The molecule has 0 radical (unpaired) electrons. The third-order valence-corrected chi connectivity index (χ3v) is 3.01. The summed E-state index contributed by atoms with van der Waals surface area (Å²) in [5.74, 6) is 6.71. The highest BCUT2D eigenvalue weighted by Crippen LogP contribution is 2.24. The average Bonchev–Trinajstić information content (AvgIpc) is 2.98. The zero-order valence-electron chi connectivity index (χ0n) is 11.6. The number of pyridine rings is 1. The van der Waals surface area contributed by atoms with Crippen LogP contribution in [0, 0.1) is 10.1 Å². The van der Waals surface area contributed by atoms with Gasteiger partial charge in [0.05, 0.1) is 11.2 Å². The largest absolute Gasteiger partial charge is 0.469 e. The van der Waals surface area contributed by atoms with E-state index in [-0.39, 0.29) is 17.5 Å². The maximum atomic E-state index is 11.0. The number of hydrogen-bond acceptors (Lipinski definition) is 7. The highest BCUT2D eigenvalue weighted by molar-refractivity contribution is 5.60. The fourth-order valence-electron chi connectivity index (χ4n) is 1.90. The summed E-state index contributed by atoms with van der Waals surface area (Å²) >= 11 is 0. The Hall–Kier alpha value is -2.61. The molecule has 0 aliphatic rings. The highest BCUT2D eigenvalue weighted by Gasteiger charge is 2.17. The molecule has 2 aromatic heterocycles. The monoisotopic (exact) mass is 291 g/mol. The van der Waals surface area contributed by atoms with Crippen molar-refractivity contribution in [2.75, 3.05) is 10.7 Å². The Labute approximate surface area is 121 Å². The van der Waals surface area contributed by atoms with Gasteiger partial charge in [0.15, 0.2) is 0 Å². The van der Waals surface area contributed by atoms with Gasteiger partial charge in [-0.3, -0.25) is 10.1 Å². The van der Waals surface area contributed by atoms with Gasteiger partial charge in [-0.15, -0.1) is 0 Å². The number of nitrogens with zero attached hydrogens (tertiary/aromatic N) is 2. The lowest BCUT2D eigenvalue weighted by molar-refractivity contribution is -0.384. The number of nitrogens with one attached hydrogen (secondary N) is 2. The molecule has 0 amide bonds. The molecule has 0 aromatic carbocycles. The minimum Gasteiger partial charge on any atom is -0.469 e. The molecule has 0 aliphatic carbocycles. The van der Waals surface area contributed by atoms with Crippen molar-refractivity contribution >= 4 is 17.3 Å². The van der Waals surface area contributed by atoms with Gasteiger partial charge in [0.25, 0.3) is 0 Å². The smallest absolute Gasteiger partial charge is 0.311 e. The summed E-state index contributed by atoms with van der Waals surface area (Å²) in [7, 11) is 0. The summed E-state index contributed by atoms with van der Waals surface area (Å²) in [6.07, 6.45) is 3.12. The Morgan fingerprint density at radius 3 is 2.90 bits per heavy atom. The van der Waals surface area contributed by atoms with Gasteiger partial charge in [-0.1, -0.05) is 0 Å². The molecule has 21 heavy (non-hydrogen) atoms. The molecule has 2 rings (SSSR count). The van der Waals surface area contributed by atoms with E-state index in [1.165, 1.54) is 12.1 Å². The van der Waals surface area contributed by atoms with Crippen LogP contribution in [0.25, 0.3) is 0 Å². The van der Waals surface area contributed by atoms with Crippen LogP contribution in [0.5, 0.6) is 0 Å². The van der Waals surface area contributed by atoms with Gasteiger partial charge in [0, 0.05) is 18.5 Å². The van der Waals surface area contributed by atoms with E-state index < -0.39 is 4.92 Å². The van der Waals surface area contributed by atoms with Gasteiger partial charge < -0.3 is 15.2 Å². The molecule has 1 atom stereocenters. The molecule has 0 saturated heterocycles. The van der Waals surface area contributed by atoms with Gasteiger partial charge in [-0.05, 0) is 31.5 Å². The van der Waals surface area contributed by atoms with E-state index in [4.69, 9.17) is 10.3 Å². The van der Waals surface area contributed by atoms with Crippen molar-refractivity contribution in [2.24, 2.45) is 5.84 Å². The van der Waals surface area contributed by atoms with Crippen molar-refractivity contribution in [1.29, 1.82) is 0 Å². The number of furan rings is 1. The van der Waals surface area contributed by atoms with Crippen LogP contribution in [0.15, 0.2) is 34.9 Å². The summed E-state index contributed by atoms with van der Waals surface area (Å²) in [5, 5.41) is 14.0. The molecule has 8 heteroatoms. The fraction of sp³-hybridized carbons (Fsp3) is 0.308. The third-order valence-electron chi connectivity index (χ3n) is 3.01. The summed E-state index contributed by atoms with van der Waals surface area (Å²) in [6, 6.07) is 6.54. The van der Waals surface area contributed by atoms with Crippen LogP contribution in [-0.2, 0) is 6.42 Å². The van der Waals surface area contributed by atoms with Crippen molar-refractivity contribution < 1.29 is 9.34 Å². The number of anilines is 2. The molecule has 0 fully saturated rings. The van der Waals surface area contributed by atoms with Crippen LogP contribution in [-0.4, -0.2) is 15.9 Å². The minimum atomic E-state index is -0.477. The van der Waals surface area contributed by atoms with Gasteiger partial charge in [-0.2, -0.15) is 0 Å². The van der Waals surface area contributed by atoms with E-state index in [2.05, 4.69) is 15.7 Å². The summed E-state index contributed by atoms with van der Waals surface area (Å²) in [6.45, 7) is 1.93. The zero-order valence-corrected chi connectivity index (χ0v) is 11.6. The predicted molar refractivity (Wildman–Crippen MR) is 78.8 cm³/mol. The number of hydrogen-bond donors (Lipinski definition) is 3. The average molecular weight is 291 g/mol. The second kappa shape index (κ2) is 6.71. The molecule has 8 nitrogen and oxygen atoms in total. The summed E-state index contributed by atoms with van der Waals surface area (Å²) < 4.78 is 5.25. The van der Waals surface area contributed by atoms with Gasteiger partial charge in [-0.25, -0.2) is 10.8 Å². The standard InChI is InChI=1S/C13H17N5O3/c1-9(4-5-10-3-2-8-21-10)15-13-11(18(19)20)6-7-12(16-13)17-14/h2-3,6-9H,4-5,14H2,1H3,(H2,15,16,17). The topological polar surface area (TPSA) is 119 Å². The minimum absolute atomic E-state index is 0.00526. The molecule has 4 N–H and O–H groups in total. The lowest BCUT2D eigenvalue weighted by atomic mass is 10.1. The van der Waals surface area contributed by atoms with Crippen LogP contribution in [0.3, 0.4) is 0 Å². The highest BCUT2D eigenvalue weighted by atomic mass is 16.6. The Morgan fingerprint density at radius 2 is 2.29 bits per heavy atom. The van der Waals surface area contributed by atoms with E-state index in [9.17, 15) is 10.1 Å². The van der Waals surface area contributed by atoms with Crippen molar-refractivity contribution in [2.45, 2.75) is 25.8 Å². The first-order valence-electron chi connectivity index (χ1n) is 6.51. The Kier molecular flexibility index (Phi) is 4.72. The molecule has 0 bridgehead atoms. The zero-order chi connectivity index (χ0) is 15.2. The van der Waals surface area contributed by atoms with Crippen LogP contribution < -0.4 is 16.6 Å². The molecule has 2 heterocycles. The Morgan fingerprint density at radius 1 is 1.48 bits per heavy atom. The molecule has 112 valence electrons. The normalized spacial score (nSPS) is 11.9. The summed E-state index contributed by atoms with van der Waals surface area (Å²) in [4.78, 5) is 14.6. The molecule has 1 unspecified atom stereocenters. The number of nitrogen functional groups attached to an aromatic ring is 1. The van der Waals surface area contributed by atoms with E-state index >= 15 is 0 Å². The Balaban J connectivity index is 2.04. The summed E-state index contributed by atoms with van der Waals surface area (Å²) in [5.41, 5.74) is 2.29. The van der Waals surface area contributed by atoms with Crippen LogP contribution in [0.4, 0.5) is 17.3 Å². The second-order valence-corrected chi connectivity index (χ2v) is 4.63. The number of aryl methyl sites for hydroxylation is 1. The van der Waals surface area contributed by atoms with Crippen molar-refractivity contribution in [1.82, 2.24) is 4.98 Å². The van der Waals surface area contributed by atoms with Crippen LogP contribution >= 0.6 is 0 Å². The lowest BCUT2D eigenvalue weighted by Crippen LogP contribution is -2.19. The predicted octanol–water partition coefficient (Wildman–Crippen LogP) is 2.30. The quantitative estimate of drug-likeness (QED) is 0.406. The number of hydrazine groups is 1. The number of rotatable bonds is 7. The van der Waals surface area contributed by atoms with Gasteiger partial charge in [0.2, 0.25) is 5.82 Å². The van der Waals surface area contributed by atoms with E-state index in [0.29, 0.717) is 5.82 Å². The van der Waals surface area contributed by atoms with E-state index in [1.54, 1.807) is 6.26 Å². The number of aromatic nitrogens is 1. The van der Waals surface area contributed by atoms with Crippen molar-refractivity contribution in [3.05, 3.63) is 46.4 Å². The van der Waals surface area contributed by atoms with Crippen molar-refractivity contribution in [3.63, 3.8) is 0 Å². The van der Waals surface area contributed by atoms with Crippen molar-refractivity contribution in [3.8, 4) is 0 Å². The molecular formula is C13H17N5O3.